The van der Waals surface area contributed by atoms with Gasteiger partial charge in [-0.05, 0) is 31.6 Å². The summed E-state index contributed by atoms with van der Waals surface area (Å²) in [5.74, 6) is 0.872. The fourth-order valence-corrected chi connectivity index (χ4v) is 2.03. The Morgan fingerprint density at radius 3 is 1.94 bits per heavy atom. The molecule has 0 rings (SSSR count). The standard InChI is InChI=1S/C16H32/c1-5-6-7-10-13-16(4)14-11-8-9-12-15(2)3/h15H,4-14H2,1-3H3. The highest BCUT2D eigenvalue weighted by atomic mass is 14.0. The molecule has 16 heavy (non-hydrogen) atoms. The van der Waals surface area contributed by atoms with Gasteiger partial charge in [0.1, 0.15) is 0 Å². The predicted molar refractivity (Wildman–Crippen MR) is 75.8 cm³/mol. The minimum absolute atomic E-state index is 0.872. The molecule has 0 heteroatoms. The lowest BCUT2D eigenvalue weighted by molar-refractivity contribution is 0.524. The smallest absolute Gasteiger partial charge is 0.0323 e. The summed E-state index contributed by atoms with van der Waals surface area (Å²) in [6.45, 7) is 11.1. The summed E-state index contributed by atoms with van der Waals surface area (Å²) in [7, 11) is 0. The Kier molecular flexibility index (Phi) is 11.0. The van der Waals surface area contributed by atoms with Crippen molar-refractivity contribution in [3.63, 3.8) is 0 Å². The van der Waals surface area contributed by atoms with Gasteiger partial charge in [0.2, 0.25) is 0 Å². The van der Waals surface area contributed by atoms with Crippen molar-refractivity contribution in [2.45, 2.75) is 85.0 Å². The van der Waals surface area contributed by atoms with Crippen molar-refractivity contribution >= 4 is 0 Å². The largest absolute Gasteiger partial charge is 0.0999 e. The third-order valence-electron chi connectivity index (χ3n) is 3.20. The summed E-state index contributed by atoms with van der Waals surface area (Å²) in [6.07, 6.45) is 13.6. The number of allylic oxidation sites excluding steroid dienone is 1. The van der Waals surface area contributed by atoms with E-state index in [0.717, 1.165) is 5.92 Å². The van der Waals surface area contributed by atoms with Gasteiger partial charge in [0.05, 0.1) is 0 Å². The van der Waals surface area contributed by atoms with E-state index in [1.165, 1.54) is 69.8 Å². The number of unbranched alkanes of at least 4 members (excludes halogenated alkanes) is 5. The third kappa shape index (κ3) is 11.8. The molecule has 0 aliphatic carbocycles. The van der Waals surface area contributed by atoms with Crippen LogP contribution in [0.25, 0.3) is 0 Å². The van der Waals surface area contributed by atoms with Crippen LogP contribution in [-0.2, 0) is 0 Å². The maximum absolute atomic E-state index is 4.19. The summed E-state index contributed by atoms with van der Waals surface area (Å²) in [6, 6.07) is 0. The molecule has 0 aromatic rings. The topological polar surface area (TPSA) is 0 Å². The Morgan fingerprint density at radius 2 is 1.44 bits per heavy atom. The highest BCUT2D eigenvalue weighted by molar-refractivity contribution is 4.93. The maximum atomic E-state index is 4.19. The van der Waals surface area contributed by atoms with Crippen LogP contribution in [0.4, 0.5) is 0 Å². The Hall–Kier alpha value is -0.260. The fourth-order valence-electron chi connectivity index (χ4n) is 2.03. The molecule has 0 spiro atoms. The number of rotatable bonds is 11. The van der Waals surface area contributed by atoms with E-state index in [1.807, 2.05) is 0 Å². The normalized spacial score (nSPS) is 11.0. The highest BCUT2D eigenvalue weighted by Gasteiger charge is 1.97. The zero-order valence-electron chi connectivity index (χ0n) is 11.9. The summed E-state index contributed by atoms with van der Waals surface area (Å²) in [5, 5.41) is 0. The highest BCUT2D eigenvalue weighted by Crippen LogP contribution is 2.16. The quantitative estimate of drug-likeness (QED) is 0.293. The first-order chi connectivity index (χ1) is 7.66. The molecule has 0 amide bonds. The van der Waals surface area contributed by atoms with Gasteiger partial charge in [0.15, 0.2) is 0 Å². The van der Waals surface area contributed by atoms with Crippen LogP contribution in [0, 0.1) is 5.92 Å². The van der Waals surface area contributed by atoms with Gasteiger partial charge >= 0.3 is 0 Å². The van der Waals surface area contributed by atoms with Gasteiger partial charge in [-0.25, -0.2) is 0 Å². The predicted octanol–water partition coefficient (Wildman–Crippen LogP) is 6.12. The minimum Gasteiger partial charge on any atom is -0.0999 e. The summed E-state index contributed by atoms with van der Waals surface area (Å²) in [5.41, 5.74) is 1.49. The average molecular weight is 224 g/mol. The maximum Gasteiger partial charge on any atom is -0.0323 e. The van der Waals surface area contributed by atoms with Gasteiger partial charge in [0, 0.05) is 0 Å². The van der Waals surface area contributed by atoms with Crippen molar-refractivity contribution < 1.29 is 0 Å². The lowest BCUT2D eigenvalue weighted by atomic mass is 10.00. The van der Waals surface area contributed by atoms with Gasteiger partial charge in [-0.2, -0.15) is 0 Å². The second-order valence-corrected chi connectivity index (χ2v) is 5.55. The second kappa shape index (κ2) is 11.2. The molecule has 0 N–H and O–H groups in total. The van der Waals surface area contributed by atoms with E-state index in [4.69, 9.17) is 0 Å². The molecule has 0 bridgehead atoms. The SMILES string of the molecule is C=C(CCCCCC)CCCCCC(C)C. The molecule has 0 aromatic carbocycles. The van der Waals surface area contributed by atoms with Crippen molar-refractivity contribution in [3.8, 4) is 0 Å². The number of hydrogen-bond donors (Lipinski definition) is 0. The van der Waals surface area contributed by atoms with E-state index in [0.29, 0.717) is 0 Å². The molecule has 0 atom stereocenters. The van der Waals surface area contributed by atoms with E-state index in [1.54, 1.807) is 0 Å². The summed E-state index contributed by atoms with van der Waals surface area (Å²) < 4.78 is 0. The minimum atomic E-state index is 0.872. The van der Waals surface area contributed by atoms with E-state index in [2.05, 4.69) is 27.4 Å². The van der Waals surface area contributed by atoms with Crippen LogP contribution in [0.5, 0.6) is 0 Å². The first-order valence-electron chi connectivity index (χ1n) is 7.33. The molecule has 0 aliphatic rings. The van der Waals surface area contributed by atoms with Crippen molar-refractivity contribution in [2.75, 3.05) is 0 Å². The van der Waals surface area contributed by atoms with E-state index in [9.17, 15) is 0 Å². The molecular weight excluding hydrogens is 192 g/mol. The van der Waals surface area contributed by atoms with Crippen LogP contribution in [0.2, 0.25) is 0 Å². The zero-order valence-corrected chi connectivity index (χ0v) is 11.9. The van der Waals surface area contributed by atoms with Crippen molar-refractivity contribution in [2.24, 2.45) is 5.92 Å². The molecule has 0 aliphatic heterocycles. The van der Waals surface area contributed by atoms with E-state index >= 15 is 0 Å². The Bertz CT molecular complexity index is 155. The molecule has 96 valence electrons. The summed E-state index contributed by atoms with van der Waals surface area (Å²) >= 11 is 0. The molecular formula is C16H32. The van der Waals surface area contributed by atoms with Crippen molar-refractivity contribution in [1.29, 1.82) is 0 Å². The van der Waals surface area contributed by atoms with E-state index < -0.39 is 0 Å². The third-order valence-corrected chi connectivity index (χ3v) is 3.20. The second-order valence-electron chi connectivity index (χ2n) is 5.55. The van der Waals surface area contributed by atoms with Crippen LogP contribution < -0.4 is 0 Å². The molecule has 0 fully saturated rings. The lowest BCUT2D eigenvalue weighted by Crippen LogP contribution is -1.88. The summed E-state index contributed by atoms with van der Waals surface area (Å²) in [4.78, 5) is 0. The first kappa shape index (κ1) is 15.7. The van der Waals surface area contributed by atoms with Gasteiger partial charge in [-0.3, -0.25) is 0 Å². The Labute approximate surface area is 104 Å². The molecule has 0 unspecified atom stereocenters. The molecule has 0 saturated carbocycles. The lowest BCUT2D eigenvalue weighted by Gasteiger charge is -2.06. The van der Waals surface area contributed by atoms with Gasteiger partial charge in [0.25, 0.3) is 0 Å². The van der Waals surface area contributed by atoms with Gasteiger partial charge < -0.3 is 0 Å². The van der Waals surface area contributed by atoms with Gasteiger partial charge in [-0.15, -0.1) is 0 Å². The number of hydrogen-bond acceptors (Lipinski definition) is 0. The molecule has 0 heterocycles. The molecule has 0 radical (unpaired) electrons. The molecule has 0 saturated heterocycles. The van der Waals surface area contributed by atoms with Crippen molar-refractivity contribution in [3.05, 3.63) is 12.2 Å². The van der Waals surface area contributed by atoms with Crippen LogP contribution >= 0.6 is 0 Å². The van der Waals surface area contributed by atoms with Gasteiger partial charge in [-0.1, -0.05) is 71.4 Å². The average Bonchev–Trinajstić information content (AvgIpc) is 2.23. The molecule has 0 aromatic heterocycles. The van der Waals surface area contributed by atoms with Crippen LogP contribution in [0.3, 0.4) is 0 Å². The van der Waals surface area contributed by atoms with Crippen LogP contribution in [0.15, 0.2) is 12.2 Å². The van der Waals surface area contributed by atoms with Crippen LogP contribution in [-0.4, -0.2) is 0 Å². The zero-order chi connectivity index (χ0) is 12.2. The molecule has 0 nitrogen and oxygen atoms in total. The fraction of sp³-hybridized carbons (Fsp3) is 0.875. The Balaban J connectivity index is 3.17. The Morgan fingerprint density at radius 1 is 0.875 bits per heavy atom. The monoisotopic (exact) mass is 224 g/mol. The van der Waals surface area contributed by atoms with Crippen LogP contribution in [0.1, 0.15) is 85.0 Å². The van der Waals surface area contributed by atoms with Crippen molar-refractivity contribution in [1.82, 2.24) is 0 Å². The van der Waals surface area contributed by atoms with E-state index in [-0.39, 0.29) is 0 Å². The first-order valence-corrected chi connectivity index (χ1v) is 7.33.